The molecule has 0 atom stereocenters. The number of methoxy groups -OCH3 is 2. The first kappa shape index (κ1) is 23.7. The van der Waals surface area contributed by atoms with Gasteiger partial charge < -0.3 is 19.8 Å². The number of aromatic amines is 1. The summed E-state index contributed by atoms with van der Waals surface area (Å²) in [6.07, 6.45) is 2.51. The summed E-state index contributed by atoms with van der Waals surface area (Å²) in [6, 6.07) is 7.57. The fourth-order valence-corrected chi connectivity index (χ4v) is 4.25. The highest BCUT2D eigenvalue weighted by Crippen LogP contribution is 2.27. The predicted molar refractivity (Wildman–Crippen MR) is 127 cm³/mol. The average Bonchev–Trinajstić information content (AvgIpc) is 3.17. The van der Waals surface area contributed by atoms with Crippen LogP contribution in [-0.2, 0) is 17.8 Å². The normalized spacial score (nSPS) is 11.0. The Balaban J connectivity index is 1.61. The Morgan fingerprint density at radius 3 is 2.72 bits per heavy atom. The van der Waals surface area contributed by atoms with Gasteiger partial charge in [0.25, 0.3) is 5.56 Å². The molecular formula is C23H30N4O4S. The summed E-state index contributed by atoms with van der Waals surface area (Å²) in [6.45, 7) is 5.06. The molecule has 0 aliphatic rings. The molecule has 3 rings (SSSR count). The zero-order valence-electron chi connectivity index (χ0n) is 19.0. The third-order valence-electron chi connectivity index (χ3n) is 5.09. The first-order valence-corrected chi connectivity index (χ1v) is 11.7. The van der Waals surface area contributed by atoms with E-state index < -0.39 is 0 Å². The minimum absolute atomic E-state index is 0.0899. The number of carbonyl (C=O) groups excluding carboxylic acids is 1. The molecule has 0 unspecified atom stereocenters. The molecule has 0 spiro atoms. The molecule has 172 valence electrons. The van der Waals surface area contributed by atoms with Crippen LogP contribution in [0.25, 0.3) is 11.0 Å². The Labute approximate surface area is 191 Å². The Morgan fingerprint density at radius 2 is 2.00 bits per heavy atom. The lowest BCUT2D eigenvalue weighted by Gasteiger charge is -2.12. The van der Waals surface area contributed by atoms with Gasteiger partial charge in [-0.2, -0.15) is 0 Å². The second-order valence-corrected chi connectivity index (χ2v) is 8.44. The van der Waals surface area contributed by atoms with Crippen molar-refractivity contribution in [1.82, 2.24) is 19.9 Å². The van der Waals surface area contributed by atoms with E-state index in [2.05, 4.69) is 22.2 Å². The van der Waals surface area contributed by atoms with Gasteiger partial charge in [0.2, 0.25) is 5.91 Å². The zero-order valence-corrected chi connectivity index (χ0v) is 19.8. The molecule has 2 aromatic heterocycles. The van der Waals surface area contributed by atoms with Crippen LogP contribution in [0.2, 0.25) is 0 Å². The number of carbonyl (C=O) groups is 1. The molecule has 2 N–H and O–H groups in total. The van der Waals surface area contributed by atoms with Crippen molar-refractivity contribution in [2.45, 2.75) is 44.8 Å². The second kappa shape index (κ2) is 11.1. The van der Waals surface area contributed by atoms with E-state index >= 15 is 0 Å². The highest BCUT2D eigenvalue weighted by molar-refractivity contribution is 7.99. The van der Waals surface area contributed by atoms with Crippen LogP contribution in [0.5, 0.6) is 11.5 Å². The van der Waals surface area contributed by atoms with Crippen molar-refractivity contribution in [3.8, 4) is 11.5 Å². The topological polar surface area (TPSA) is 98.2 Å². The molecule has 1 aromatic carbocycles. The van der Waals surface area contributed by atoms with Gasteiger partial charge in [-0.15, -0.1) is 0 Å². The van der Waals surface area contributed by atoms with E-state index in [1.165, 1.54) is 11.8 Å². The highest BCUT2D eigenvalue weighted by atomic mass is 32.2. The van der Waals surface area contributed by atoms with Crippen LogP contribution in [0.3, 0.4) is 0 Å². The number of benzene rings is 1. The molecule has 0 aliphatic carbocycles. The number of hydrogen-bond acceptors (Lipinski definition) is 6. The number of thioether (sulfide) groups is 1. The fraction of sp³-hybridized carbons (Fsp3) is 0.435. The Morgan fingerprint density at radius 1 is 1.22 bits per heavy atom. The number of aromatic nitrogens is 3. The minimum atomic E-state index is -0.0999. The van der Waals surface area contributed by atoms with Gasteiger partial charge in [0.05, 0.1) is 25.5 Å². The van der Waals surface area contributed by atoms with Crippen LogP contribution in [0, 0.1) is 6.92 Å². The number of ether oxygens (including phenoxy) is 2. The number of hydrogen-bond donors (Lipinski definition) is 2. The number of unbranched alkanes of at least 4 members (excludes halogenated alkanes) is 1. The van der Waals surface area contributed by atoms with Crippen LogP contribution >= 0.6 is 11.8 Å². The molecule has 0 radical (unpaired) electrons. The maximum Gasteiger partial charge on any atom is 0.278 e. The summed E-state index contributed by atoms with van der Waals surface area (Å²) in [7, 11) is 3.20. The summed E-state index contributed by atoms with van der Waals surface area (Å²) >= 11 is 1.29. The Hall–Kier alpha value is -2.94. The summed E-state index contributed by atoms with van der Waals surface area (Å²) in [5.74, 6) is 1.43. The van der Waals surface area contributed by atoms with E-state index in [1.54, 1.807) is 18.8 Å². The number of aryl methyl sites for hydroxylation is 1. The van der Waals surface area contributed by atoms with Gasteiger partial charge in [0.1, 0.15) is 5.52 Å². The van der Waals surface area contributed by atoms with Crippen LogP contribution in [0.15, 0.2) is 34.2 Å². The van der Waals surface area contributed by atoms with Gasteiger partial charge in [-0.3, -0.25) is 14.2 Å². The average molecular weight is 459 g/mol. The third-order valence-corrected chi connectivity index (χ3v) is 6.07. The van der Waals surface area contributed by atoms with Crippen molar-refractivity contribution < 1.29 is 14.3 Å². The molecule has 0 aliphatic heterocycles. The molecule has 3 aromatic rings. The Kier molecular flexibility index (Phi) is 8.21. The summed E-state index contributed by atoms with van der Waals surface area (Å²) < 4.78 is 12.2. The first-order chi connectivity index (χ1) is 15.5. The summed E-state index contributed by atoms with van der Waals surface area (Å²) in [5.41, 5.74) is 2.99. The smallest absolute Gasteiger partial charge is 0.278 e. The SMILES string of the molecule is CCCCn1c(SCC(=O)NCCc2ccc(OC)c(OC)c2)nc2cc(C)[nH]c2c1=O. The minimum Gasteiger partial charge on any atom is -0.493 e. The molecule has 0 saturated carbocycles. The molecule has 9 heteroatoms. The standard InChI is InChI=1S/C23H30N4O4S/c1-5-6-11-27-22(29)21-17(12-15(2)25-21)26-23(27)32-14-20(28)24-10-9-16-7-8-18(30-3)19(13-16)31-4/h7-8,12-13,25H,5-6,9-11,14H2,1-4H3,(H,24,28). The fourth-order valence-electron chi connectivity index (χ4n) is 3.40. The maximum atomic E-state index is 12.9. The lowest BCUT2D eigenvalue weighted by Crippen LogP contribution is -2.28. The van der Waals surface area contributed by atoms with Crippen LogP contribution in [0.1, 0.15) is 31.0 Å². The molecule has 2 heterocycles. The monoisotopic (exact) mass is 458 g/mol. The number of fused-ring (bicyclic) bond motifs is 1. The van der Waals surface area contributed by atoms with Gasteiger partial charge in [-0.05, 0) is 43.5 Å². The van der Waals surface area contributed by atoms with Gasteiger partial charge in [-0.25, -0.2) is 4.98 Å². The largest absolute Gasteiger partial charge is 0.493 e. The Bertz CT molecular complexity index is 1140. The molecule has 1 amide bonds. The molecule has 0 bridgehead atoms. The summed E-state index contributed by atoms with van der Waals surface area (Å²) in [5, 5.41) is 3.51. The molecule has 32 heavy (non-hydrogen) atoms. The van der Waals surface area contributed by atoms with Gasteiger partial charge in [-0.1, -0.05) is 31.2 Å². The molecular weight excluding hydrogens is 428 g/mol. The highest BCUT2D eigenvalue weighted by Gasteiger charge is 2.14. The quantitative estimate of drug-likeness (QED) is 0.338. The number of H-pyrrole nitrogens is 1. The van der Waals surface area contributed by atoms with Crippen molar-refractivity contribution >= 4 is 28.7 Å². The first-order valence-electron chi connectivity index (χ1n) is 10.7. The van der Waals surface area contributed by atoms with Crippen LogP contribution < -0.4 is 20.3 Å². The second-order valence-electron chi connectivity index (χ2n) is 7.50. The zero-order chi connectivity index (χ0) is 23.1. The lowest BCUT2D eigenvalue weighted by atomic mass is 10.1. The predicted octanol–water partition coefficient (Wildman–Crippen LogP) is 3.30. The van der Waals surface area contributed by atoms with E-state index in [9.17, 15) is 9.59 Å². The van der Waals surface area contributed by atoms with Crippen LogP contribution in [0.4, 0.5) is 0 Å². The van der Waals surface area contributed by atoms with Crippen LogP contribution in [-0.4, -0.2) is 47.0 Å². The number of nitrogens with one attached hydrogen (secondary N) is 2. The van der Waals surface area contributed by atoms with E-state index in [-0.39, 0.29) is 17.2 Å². The van der Waals surface area contributed by atoms with E-state index in [0.717, 1.165) is 24.1 Å². The van der Waals surface area contributed by atoms with Gasteiger partial charge in [0, 0.05) is 18.8 Å². The van der Waals surface area contributed by atoms with Crippen molar-refractivity contribution in [1.29, 1.82) is 0 Å². The van der Waals surface area contributed by atoms with E-state index in [0.29, 0.717) is 47.2 Å². The summed E-state index contributed by atoms with van der Waals surface area (Å²) in [4.78, 5) is 33.0. The van der Waals surface area contributed by atoms with Crippen molar-refractivity contribution in [2.75, 3.05) is 26.5 Å². The number of nitrogens with zero attached hydrogens (tertiary/aromatic N) is 2. The van der Waals surface area contributed by atoms with Gasteiger partial charge >= 0.3 is 0 Å². The third kappa shape index (κ3) is 5.64. The number of rotatable bonds is 11. The molecule has 0 saturated heterocycles. The maximum absolute atomic E-state index is 12.9. The van der Waals surface area contributed by atoms with Crippen molar-refractivity contribution in [2.24, 2.45) is 0 Å². The van der Waals surface area contributed by atoms with Crippen molar-refractivity contribution in [3.05, 3.63) is 45.9 Å². The van der Waals surface area contributed by atoms with E-state index in [4.69, 9.17) is 9.47 Å². The van der Waals surface area contributed by atoms with Crippen molar-refractivity contribution in [3.63, 3.8) is 0 Å². The van der Waals surface area contributed by atoms with E-state index in [1.807, 2.05) is 31.2 Å². The molecule has 0 fully saturated rings. The number of amides is 1. The van der Waals surface area contributed by atoms with Gasteiger partial charge in [0.15, 0.2) is 16.7 Å². The molecule has 8 nitrogen and oxygen atoms in total. The lowest BCUT2D eigenvalue weighted by molar-refractivity contribution is -0.118.